The van der Waals surface area contributed by atoms with Crippen LogP contribution in [0.1, 0.15) is 15.9 Å². The molecule has 0 fully saturated rings. The summed E-state index contributed by atoms with van der Waals surface area (Å²) in [4.78, 5) is 12.4. The van der Waals surface area contributed by atoms with E-state index < -0.39 is 10.0 Å². The van der Waals surface area contributed by atoms with Crippen molar-refractivity contribution < 1.29 is 17.9 Å². The molecule has 25 heavy (non-hydrogen) atoms. The molecule has 0 aromatic heterocycles. The Balaban J connectivity index is 2.23. The molecule has 0 atom stereocenters. The van der Waals surface area contributed by atoms with Gasteiger partial charge >= 0.3 is 0 Å². The van der Waals surface area contributed by atoms with Crippen molar-refractivity contribution in [2.75, 3.05) is 21.2 Å². The Morgan fingerprint density at radius 2 is 1.76 bits per heavy atom. The van der Waals surface area contributed by atoms with E-state index in [2.05, 4.69) is 15.9 Å². The van der Waals surface area contributed by atoms with Crippen molar-refractivity contribution in [1.82, 2.24) is 4.31 Å². The minimum atomic E-state index is -3.51. The molecule has 2 rings (SSSR count). The van der Waals surface area contributed by atoms with Crippen LogP contribution in [-0.4, -0.2) is 39.7 Å². The van der Waals surface area contributed by atoms with Crippen LogP contribution in [0.5, 0.6) is 5.75 Å². The van der Waals surface area contributed by atoms with Crippen LogP contribution in [0.15, 0.2) is 57.9 Å². The van der Waals surface area contributed by atoms with Gasteiger partial charge in [-0.05, 0) is 54.6 Å². The number of ketones is 1. The lowest BCUT2D eigenvalue weighted by molar-refractivity contribution is 0.104. The maximum absolute atomic E-state index is 12.3. The SMILES string of the molecule is COc1ccc(Br)cc1/C=C/C(=O)c1ccc(S(=O)(=O)N(C)C)cc1. The summed E-state index contributed by atoms with van der Waals surface area (Å²) >= 11 is 3.38. The van der Waals surface area contributed by atoms with E-state index in [1.165, 1.54) is 44.4 Å². The van der Waals surface area contributed by atoms with Gasteiger partial charge in [0.2, 0.25) is 10.0 Å². The molecule has 2 aromatic rings. The van der Waals surface area contributed by atoms with E-state index in [4.69, 9.17) is 4.74 Å². The van der Waals surface area contributed by atoms with Crippen molar-refractivity contribution in [3.63, 3.8) is 0 Å². The standard InChI is InChI=1S/C18H18BrNO4S/c1-20(2)25(22,23)16-8-4-13(5-9-16)17(21)10-6-14-12-15(19)7-11-18(14)24-3/h4-12H,1-3H3/b10-6+. The van der Waals surface area contributed by atoms with E-state index >= 15 is 0 Å². The fraction of sp³-hybridized carbons (Fsp3) is 0.167. The number of ether oxygens (including phenoxy) is 1. The van der Waals surface area contributed by atoms with Crippen LogP contribution in [0, 0.1) is 0 Å². The molecule has 0 N–H and O–H groups in total. The first kappa shape index (κ1) is 19.4. The first-order valence-corrected chi connectivity index (χ1v) is 9.57. The minimum absolute atomic E-state index is 0.145. The molecule has 0 radical (unpaired) electrons. The Labute approximate surface area is 156 Å². The summed E-state index contributed by atoms with van der Waals surface area (Å²) in [6.45, 7) is 0. The summed E-state index contributed by atoms with van der Waals surface area (Å²) in [6.07, 6.45) is 3.09. The van der Waals surface area contributed by atoms with Crippen molar-refractivity contribution in [1.29, 1.82) is 0 Å². The Morgan fingerprint density at radius 1 is 1.12 bits per heavy atom. The third-order valence-electron chi connectivity index (χ3n) is 3.52. The number of hydrogen-bond donors (Lipinski definition) is 0. The number of allylic oxidation sites excluding steroid dienone is 1. The zero-order valence-corrected chi connectivity index (χ0v) is 16.5. The number of benzene rings is 2. The predicted octanol–water partition coefficient (Wildman–Crippen LogP) is 3.60. The normalized spacial score (nSPS) is 11.9. The van der Waals surface area contributed by atoms with E-state index in [0.29, 0.717) is 11.3 Å². The maximum atomic E-state index is 12.3. The quantitative estimate of drug-likeness (QED) is 0.525. The molecule has 0 spiro atoms. The number of rotatable bonds is 6. The van der Waals surface area contributed by atoms with E-state index in [9.17, 15) is 13.2 Å². The summed E-state index contributed by atoms with van der Waals surface area (Å²) in [5.41, 5.74) is 1.17. The van der Waals surface area contributed by atoms with Crippen LogP contribution in [0.4, 0.5) is 0 Å². The smallest absolute Gasteiger partial charge is 0.242 e. The van der Waals surface area contributed by atoms with Gasteiger partial charge in [-0.15, -0.1) is 0 Å². The van der Waals surface area contributed by atoms with Crippen molar-refractivity contribution in [3.05, 3.63) is 64.1 Å². The molecule has 0 saturated carbocycles. The van der Waals surface area contributed by atoms with Crippen LogP contribution >= 0.6 is 15.9 Å². The van der Waals surface area contributed by atoms with Crippen molar-refractivity contribution in [3.8, 4) is 5.75 Å². The van der Waals surface area contributed by atoms with Gasteiger partial charge in [0.15, 0.2) is 5.78 Å². The fourth-order valence-corrected chi connectivity index (χ4v) is 3.38. The van der Waals surface area contributed by atoms with Crippen molar-refractivity contribution >= 4 is 37.8 Å². The summed E-state index contributed by atoms with van der Waals surface area (Å²) < 4.78 is 31.3. The van der Waals surface area contributed by atoms with Gasteiger partial charge in [-0.2, -0.15) is 0 Å². The molecular formula is C18H18BrNO4S. The molecule has 0 aliphatic heterocycles. The molecule has 0 amide bonds. The highest BCUT2D eigenvalue weighted by atomic mass is 79.9. The number of carbonyl (C=O) groups excluding carboxylic acids is 1. The molecule has 0 aliphatic carbocycles. The van der Waals surface area contributed by atoms with E-state index in [-0.39, 0.29) is 10.7 Å². The number of carbonyl (C=O) groups is 1. The average Bonchev–Trinajstić information content (AvgIpc) is 2.59. The predicted molar refractivity (Wildman–Crippen MR) is 101 cm³/mol. The van der Waals surface area contributed by atoms with Gasteiger partial charge < -0.3 is 4.74 Å². The van der Waals surface area contributed by atoms with Gasteiger partial charge in [0.1, 0.15) is 5.75 Å². The van der Waals surface area contributed by atoms with Gasteiger partial charge in [-0.3, -0.25) is 4.79 Å². The molecule has 0 heterocycles. The Morgan fingerprint density at radius 3 is 2.32 bits per heavy atom. The van der Waals surface area contributed by atoms with Crippen LogP contribution in [0.2, 0.25) is 0 Å². The Bertz CT molecular complexity index is 903. The molecule has 5 nitrogen and oxygen atoms in total. The van der Waals surface area contributed by atoms with Gasteiger partial charge in [0.05, 0.1) is 12.0 Å². The molecule has 0 saturated heterocycles. The highest BCUT2D eigenvalue weighted by molar-refractivity contribution is 9.10. The van der Waals surface area contributed by atoms with E-state index in [1.807, 2.05) is 12.1 Å². The first-order chi connectivity index (χ1) is 11.8. The van der Waals surface area contributed by atoms with Crippen LogP contribution in [0.3, 0.4) is 0 Å². The van der Waals surface area contributed by atoms with Gasteiger partial charge in [-0.1, -0.05) is 15.9 Å². The van der Waals surface area contributed by atoms with Crippen LogP contribution in [-0.2, 0) is 10.0 Å². The zero-order valence-electron chi connectivity index (χ0n) is 14.1. The topological polar surface area (TPSA) is 63.7 Å². The molecule has 2 aromatic carbocycles. The van der Waals surface area contributed by atoms with Crippen molar-refractivity contribution in [2.24, 2.45) is 0 Å². The molecule has 0 unspecified atom stereocenters. The van der Waals surface area contributed by atoms with E-state index in [0.717, 1.165) is 14.3 Å². The third-order valence-corrected chi connectivity index (χ3v) is 5.85. The van der Waals surface area contributed by atoms with Crippen LogP contribution < -0.4 is 4.74 Å². The number of methoxy groups -OCH3 is 1. The average molecular weight is 424 g/mol. The minimum Gasteiger partial charge on any atom is -0.496 e. The number of halogens is 1. The molecule has 7 heteroatoms. The lowest BCUT2D eigenvalue weighted by Gasteiger charge is -2.11. The number of hydrogen-bond acceptors (Lipinski definition) is 4. The summed E-state index contributed by atoms with van der Waals surface area (Å²) in [5, 5.41) is 0. The molecular weight excluding hydrogens is 406 g/mol. The molecule has 132 valence electrons. The monoisotopic (exact) mass is 423 g/mol. The highest BCUT2D eigenvalue weighted by Gasteiger charge is 2.17. The van der Waals surface area contributed by atoms with Crippen LogP contribution in [0.25, 0.3) is 6.08 Å². The second-order valence-electron chi connectivity index (χ2n) is 5.40. The number of sulfonamides is 1. The lowest BCUT2D eigenvalue weighted by Crippen LogP contribution is -2.22. The Hall–Kier alpha value is -1.96. The third kappa shape index (κ3) is 4.56. The fourth-order valence-electron chi connectivity index (χ4n) is 2.10. The highest BCUT2D eigenvalue weighted by Crippen LogP contribution is 2.24. The second-order valence-corrected chi connectivity index (χ2v) is 8.46. The summed E-state index contributed by atoms with van der Waals surface area (Å²) in [6, 6.07) is 11.3. The zero-order chi connectivity index (χ0) is 18.6. The maximum Gasteiger partial charge on any atom is 0.242 e. The first-order valence-electron chi connectivity index (χ1n) is 7.34. The summed E-state index contributed by atoms with van der Waals surface area (Å²) in [7, 11) is 0.977. The summed E-state index contributed by atoms with van der Waals surface area (Å²) in [5.74, 6) is 0.426. The lowest BCUT2D eigenvalue weighted by atomic mass is 10.1. The van der Waals surface area contributed by atoms with Gasteiger partial charge in [0, 0.05) is 29.7 Å². The van der Waals surface area contributed by atoms with E-state index in [1.54, 1.807) is 19.3 Å². The largest absolute Gasteiger partial charge is 0.496 e. The van der Waals surface area contributed by atoms with Crippen molar-refractivity contribution in [2.45, 2.75) is 4.90 Å². The Kier molecular flexibility index (Phi) is 6.16. The molecule has 0 aliphatic rings. The van der Waals surface area contributed by atoms with Gasteiger partial charge in [0.25, 0.3) is 0 Å². The second kappa shape index (κ2) is 7.95. The molecule has 0 bridgehead atoms. The van der Waals surface area contributed by atoms with Gasteiger partial charge in [-0.25, -0.2) is 12.7 Å². The number of nitrogens with zero attached hydrogens (tertiary/aromatic N) is 1.